The van der Waals surface area contributed by atoms with Crippen molar-refractivity contribution in [3.63, 3.8) is 0 Å². The number of hydrogen-bond acceptors (Lipinski definition) is 8. The Morgan fingerprint density at radius 1 is 1.32 bits per heavy atom. The number of halogens is 2. The number of anilines is 3. The minimum atomic E-state index is -0.465. The first-order valence-corrected chi connectivity index (χ1v) is 8.97. The first-order chi connectivity index (χ1) is 13.5. The second-order valence-corrected chi connectivity index (χ2v) is 6.54. The monoisotopic (exact) mass is 401 g/mol. The van der Waals surface area contributed by atoms with Crippen LogP contribution in [0.15, 0.2) is 36.8 Å². The van der Waals surface area contributed by atoms with Crippen LogP contribution >= 0.6 is 11.6 Å². The molecule has 0 bridgehead atoms. The summed E-state index contributed by atoms with van der Waals surface area (Å²) in [6, 6.07) is 5.03. The minimum absolute atomic E-state index is 0.169. The maximum atomic E-state index is 13.8. The largest absolute Gasteiger partial charge is 0.464 e. The summed E-state index contributed by atoms with van der Waals surface area (Å²) in [7, 11) is 0. The number of nitrogens with one attached hydrogen (secondary N) is 1. The quantitative estimate of drug-likeness (QED) is 0.672. The van der Waals surface area contributed by atoms with Gasteiger partial charge in [-0.1, -0.05) is 11.6 Å². The fourth-order valence-corrected chi connectivity index (χ4v) is 3.22. The highest BCUT2D eigenvalue weighted by Gasteiger charge is 2.35. The van der Waals surface area contributed by atoms with E-state index in [1.54, 1.807) is 24.5 Å². The van der Waals surface area contributed by atoms with Gasteiger partial charge in [0.15, 0.2) is 11.6 Å². The molecule has 144 valence electrons. The van der Waals surface area contributed by atoms with Crippen LogP contribution in [-0.4, -0.2) is 26.5 Å². The topological polar surface area (TPSA) is 102 Å². The van der Waals surface area contributed by atoms with Crippen molar-refractivity contribution in [1.82, 2.24) is 19.9 Å². The number of nitrogen functional groups attached to an aromatic ring is 1. The van der Waals surface area contributed by atoms with Crippen LogP contribution in [0, 0.1) is 5.82 Å². The summed E-state index contributed by atoms with van der Waals surface area (Å²) in [5.41, 5.74) is 7.97. The summed E-state index contributed by atoms with van der Waals surface area (Å²) >= 11 is 6.10. The van der Waals surface area contributed by atoms with Gasteiger partial charge in [0.05, 0.1) is 25.0 Å². The molecule has 10 heteroatoms. The molecule has 1 aliphatic heterocycles. The second kappa shape index (κ2) is 7.43. The summed E-state index contributed by atoms with van der Waals surface area (Å²) in [6.07, 6.45) is 3.89. The standard InChI is InChI=1S/C18H17ClFN7O/c1-2-28-18-25-15(21)14-17(26-18)27(9-13-6-11(19)3-4-23-13)16(24-14)10-5-12(20)8-22-7-10/h3-8,16,24H,2,9H2,1H3,(H2,21,25,26). The molecular weight excluding hydrogens is 385 g/mol. The minimum Gasteiger partial charge on any atom is -0.464 e. The molecule has 1 aliphatic rings. The highest BCUT2D eigenvalue weighted by Crippen LogP contribution is 2.44. The third-order valence-corrected chi connectivity index (χ3v) is 4.42. The van der Waals surface area contributed by atoms with E-state index in [4.69, 9.17) is 22.1 Å². The van der Waals surface area contributed by atoms with Gasteiger partial charge in [0.1, 0.15) is 17.7 Å². The Bertz CT molecular complexity index is 1020. The van der Waals surface area contributed by atoms with Gasteiger partial charge < -0.3 is 20.7 Å². The summed E-state index contributed by atoms with van der Waals surface area (Å²) in [5.74, 6) is 0.335. The van der Waals surface area contributed by atoms with Crippen LogP contribution in [0.2, 0.25) is 5.02 Å². The van der Waals surface area contributed by atoms with E-state index in [0.29, 0.717) is 40.9 Å². The van der Waals surface area contributed by atoms with Crippen LogP contribution in [0.5, 0.6) is 6.01 Å². The fraction of sp³-hybridized carbons (Fsp3) is 0.222. The molecule has 28 heavy (non-hydrogen) atoms. The number of pyridine rings is 2. The number of nitrogens with two attached hydrogens (primary N) is 1. The smallest absolute Gasteiger partial charge is 0.320 e. The summed E-state index contributed by atoms with van der Waals surface area (Å²) in [6.45, 7) is 2.59. The Labute approximate surface area is 165 Å². The van der Waals surface area contributed by atoms with Crippen LogP contribution in [0.25, 0.3) is 0 Å². The molecule has 8 nitrogen and oxygen atoms in total. The third kappa shape index (κ3) is 3.48. The van der Waals surface area contributed by atoms with Gasteiger partial charge in [-0.15, -0.1) is 0 Å². The van der Waals surface area contributed by atoms with Gasteiger partial charge in [-0.2, -0.15) is 9.97 Å². The Morgan fingerprint density at radius 2 is 2.18 bits per heavy atom. The average Bonchev–Trinajstić information content (AvgIpc) is 3.01. The van der Waals surface area contributed by atoms with Crippen molar-refractivity contribution in [1.29, 1.82) is 0 Å². The van der Waals surface area contributed by atoms with E-state index in [0.717, 1.165) is 6.20 Å². The van der Waals surface area contributed by atoms with E-state index in [1.807, 2.05) is 11.8 Å². The fourth-order valence-electron chi connectivity index (χ4n) is 3.04. The maximum absolute atomic E-state index is 13.8. The highest BCUT2D eigenvalue weighted by molar-refractivity contribution is 6.30. The SMILES string of the molecule is CCOc1nc(N)c2c(n1)N(Cc1cc(Cl)ccn1)C(c1cncc(F)c1)N2. The zero-order valence-corrected chi connectivity index (χ0v) is 15.7. The van der Waals surface area contributed by atoms with Crippen molar-refractivity contribution in [2.24, 2.45) is 0 Å². The van der Waals surface area contributed by atoms with E-state index in [1.165, 1.54) is 6.07 Å². The number of rotatable bonds is 5. The summed E-state index contributed by atoms with van der Waals surface area (Å²) in [4.78, 5) is 18.8. The second-order valence-electron chi connectivity index (χ2n) is 6.10. The van der Waals surface area contributed by atoms with Crippen molar-refractivity contribution in [3.05, 3.63) is 58.9 Å². The van der Waals surface area contributed by atoms with Crippen molar-refractivity contribution in [2.45, 2.75) is 19.6 Å². The third-order valence-electron chi connectivity index (χ3n) is 4.19. The van der Waals surface area contributed by atoms with Crippen LogP contribution < -0.4 is 20.7 Å². The zero-order valence-electron chi connectivity index (χ0n) is 14.9. The Kier molecular flexibility index (Phi) is 4.82. The molecule has 4 heterocycles. The van der Waals surface area contributed by atoms with Crippen LogP contribution in [0.3, 0.4) is 0 Å². The van der Waals surface area contributed by atoms with E-state index in [9.17, 15) is 4.39 Å². The van der Waals surface area contributed by atoms with Gasteiger partial charge in [0, 0.05) is 23.0 Å². The molecule has 0 fully saturated rings. The average molecular weight is 402 g/mol. The molecule has 0 amide bonds. The number of hydrogen-bond donors (Lipinski definition) is 2. The van der Waals surface area contributed by atoms with E-state index in [-0.39, 0.29) is 11.8 Å². The normalized spacial score (nSPS) is 15.2. The lowest BCUT2D eigenvalue weighted by Crippen LogP contribution is -2.28. The number of fused-ring (bicyclic) bond motifs is 1. The van der Waals surface area contributed by atoms with Gasteiger partial charge in [-0.3, -0.25) is 9.97 Å². The molecule has 0 radical (unpaired) electrons. The lowest BCUT2D eigenvalue weighted by Gasteiger charge is -2.26. The molecule has 0 spiro atoms. The van der Waals surface area contributed by atoms with Gasteiger partial charge in [0.25, 0.3) is 0 Å². The van der Waals surface area contributed by atoms with Gasteiger partial charge >= 0.3 is 6.01 Å². The molecule has 3 aromatic rings. The molecule has 1 unspecified atom stereocenters. The highest BCUT2D eigenvalue weighted by atomic mass is 35.5. The lowest BCUT2D eigenvalue weighted by molar-refractivity contribution is 0.313. The molecule has 0 saturated carbocycles. The molecule has 0 aromatic carbocycles. The molecule has 0 aliphatic carbocycles. The van der Waals surface area contributed by atoms with E-state index in [2.05, 4.69) is 25.3 Å². The zero-order chi connectivity index (χ0) is 19.7. The van der Waals surface area contributed by atoms with Crippen molar-refractivity contribution in [3.8, 4) is 6.01 Å². The maximum Gasteiger partial charge on any atom is 0.320 e. The van der Waals surface area contributed by atoms with Crippen molar-refractivity contribution in [2.75, 3.05) is 22.6 Å². The van der Waals surface area contributed by atoms with E-state index < -0.39 is 12.0 Å². The summed E-state index contributed by atoms with van der Waals surface area (Å²) < 4.78 is 19.2. The summed E-state index contributed by atoms with van der Waals surface area (Å²) in [5, 5.41) is 3.82. The molecule has 3 N–H and O–H groups in total. The van der Waals surface area contributed by atoms with Crippen molar-refractivity contribution < 1.29 is 9.13 Å². The first kappa shape index (κ1) is 18.2. The number of aromatic nitrogens is 4. The van der Waals surface area contributed by atoms with Crippen LogP contribution in [-0.2, 0) is 6.54 Å². The van der Waals surface area contributed by atoms with Gasteiger partial charge in [-0.05, 0) is 25.1 Å². The molecule has 1 atom stereocenters. The lowest BCUT2D eigenvalue weighted by atomic mass is 10.2. The van der Waals surface area contributed by atoms with Crippen LogP contribution in [0.1, 0.15) is 24.3 Å². The first-order valence-electron chi connectivity index (χ1n) is 8.59. The predicted octanol–water partition coefficient (Wildman–Crippen LogP) is 3.17. The predicted molar refractivity (Wildman–Crippen MR) is 104 cm³/mol. The number of ether oxygens (including phenoxy) is 1. The van der Waals surface area contributed by atoms with E-state index >= 15 is 0 Å². The van der Waals surface area contributed by atoms with Gasteiger partial charge in [-0.25, -0.2) is 4.39 Å². The Balaban J connectivity index is 1.79. The molecule has 4 rings (SSSR count). The Morgan fingerprint density at radius 3 is 2.93 bits per heavy atom. The molecular formula is C18H17ClFN7O. The molecule has 0 saturated heterocycles. The van der Waals surface area contributed by atoms with Crippen LogP contribution in [0.4, 0.5) is 21.7 Å². The van der Waals surface area contributed by atoms with Crippen molar-refractivity contribution >= 4 is 28.9 Å². The van der Waals surface area contributed by atoms with Gasteiger partial charge in [0.2, 0.25) is 0 Å². The Hall–Kier alpha value is -3.20. The molecule has 3 aromatic heterocycles. The number of nitrogens with zero attached hydrogens (tertiary/aromatic N) is 5.